The molecule has 0 saturated carbocycles. The van der Waals surface area contributed by atoms with E-state index in [4.69, 9.17) is 10.5 Å². The summed E-state index contributed by atoms with van der Waals surface area (Å²) in [5.41, 5.74) is 8.25. The second-order valence-corrected chi connectivity index (χ2v) is 9.81. The molecule has 1 fully saturated rings. The SMILES string of the molecule is COc1ccccc1CN([C@H]1CCCN[C@@H]1c1ccccc1)S(=O)(=O)c1ccccc1N. The zero-order valence-electron chi connectivity index (χ0n) is 18.1. The van der Waals surface area contributed by atoms with Crippen molar-refractivity contribution in [3.63, 3.8) is 0 Å². The average Bonchev–Trinajstić information content (AvgIpc) is 2.83. The van der Waals surface area contributed by atoms with Gasteiger partial charge in [0, 0.05) is 24.2 Å². The van der Waals surface area contributed by atoms with Crippen molar-refractivity contribution >= 4 is 15.7 Å². The monoisotopic (exact) mass is 451 g/mol. The van der Waals surface area contributed by atoms with Gasteiger partial charge in [0.05, 0.1) is 12.8 Å². The van der Waals surface area contributed by atoms with Gasteiger partial charge in [0.1, 0.15) is 10.6 Å². The number of rotatable bonds is 7. The predicted octanol–water partition coefficient (Wildman–Crippen LogP) is 3.96. The van der Waals surface area contributed by atoms with Crippen molar-refractivity contribution < 1.29 is 13.2 Å². The van der Waals surface area contributed by atoms with Crippen LogP contribution in [-0.4, -0.2) is 32.4 Å². The standard InChI is InChI=1S/C25H29N3O3S/c1-31-23-15-7-5-12-20(23)18-28(32(29,30)24-16-8-6-13-21(24)26)22-14-9-17-27-25(22)19-10-3-2-4-11-19/h2-8,10-13,15-16,22,25,27H,9,14,17-18,26H2,1H3/t22-,25+/m0/s1. The van der Waals surface area contributed by atoms with Crippen LogP contribution in [0.5, 0.6) is 5.75 Å². The zero-order valence-corrected chi connectivity index (χ0v) is 19.0. The fourth-order valence-corrected chi connectivity index (χ4v) is 6.17. The van der Waals surface area contributed by atoms with Crippen molar-refractivity contribution in [2.45, 2.75) is 36.4 Å². The smallest absolute Gasteiger partial charge is 0.245 e. The van der Waals surface area contributed by atoms with Gasteiger partial charge in [0.25, 0.3) is 0 Å². The van der Waals surface area contributed by atoms with Gasteiger partial charge < -0.3 is 15.8 Å². The maximum atomic E-state index is 14.0. The lowest BCUT2D eigenvalue weighted by Crippen LogP contribution is -2.50. The minimum absolute atomic E-state index is 0.126. The molecule has 7 heteroatoms. The van der Waals surface area contributed by atoms with Crippen molar-refractivity contribution in [3.05, 3.63) is 90.0 Å². The molecule has 1 aliphatic rings. The lowest BCUT2D eigenvalue weighted by Gasteiger charge is -2.40. The summed E-state index contributed by atoms with van der Waals surface area (Å²) < 4.78 is 35.1. The number of piperidine rings is 1. The third kappa shape index (κ3) is 4.50. The van der Waals surface area contributed by atoms with Gasteiger partial charge in [-0.2, -0.15) is 4.31 Å². The fraction of sp³-hybridized carbons (Fsp3) is 0.280. The molecule has 0 unspecified atom stereocenters. The Morgan fingerprint density at radius 3 is 2.44 bits per heavy atom. The molecule has 4 rings (SSSR count). The molecule has 168 valence electrons. The summed E-state index contributed by atoms with van der Waals surface area (Å²) in [7, 11) is -2.28. The molecule has 1 saturated heterocycles. The summed E-state index contributed by atoms with van der Waals surface area (Å²) in [6.07, 6.45) is 1.63. The number of nitrogen functional groups attached to an aromatic ring is 1. The van der Waals surface area contributed by atoms with E-state index in [9.17, 15) is 8.42 Å². The molecule has 0 amide bonds. The van der Waals surface area contributed by atoms with Gasteiger partial charge in [0.2, 0.25) is 10.0 Å². The summed E-state index contributed by atoms with van der Waals surface area (Å²) in [5.74, 6) is 0.661. The van der Waals surface area contributed by atoms with Crippen LogP contribution in [0.25, 0.3) is 0 Å². The van der Waals surface area contributed by atoms with Crippen LogP contribution in [0.1, 0.15) is 30.0 Å². The molecule has 1 heterocycles. The molecule has 0 spiro atoms. The summed E-state index contributed by atoms with van der Waals surface area (Å²) in [6.45, 7) is 1.03. The normalized spacial score (nSPS) is 19.1. The highest BCUT2D eigenvalue weighted by Gasteiger charge is 2.39. The molecule has 0 aromatic heterocycles. The van der Waals surface area contributed by atoms with Gasteiger partial charge in [-0.25, -0.2) is 8.42 Å². The van der Waals surface area contributed by atoms with E-state index in [0.717, 1.165) is 30.5 Å². The topological polar surface area (TPSA) is 84.7 Å². The van der Waals surface area contributed by atoms with Crippen molar-refractivity contribution in [1.82, 2.24) is 9.62 Å². The van der Waals surface area contributed by atoms with Crippen LogP contribution >= 0.6 is 0 Å². The predicted molar refractivity (Wildman–Crippen MR) is 127 cm³/mol. The van der Waals surface area contributed by atoms with Crippen molar-refractivity contribution in [3.8, 4) is 5.75 Å². The summed E-state index contributed by atoms with van der Waals surface area (Å²) in [5, 5.41) is 3.55. The number of nitrogens with zero attached hydrogens (tertiary/aromatic N) is 1. The number of hydrogen-bond acceptors (Lipinski definition) is 5. The first-order chi connectivity index (χ1) is 15.5. The lowest BCUT2D eigenvalue weighted by molar-refractivity contribution is 0.203. The van der Waals surface area contributed by atoms with Gasteiger partial charge >= 0.3 is 0 Å². The quantitative estimate of drug-likeness (QED) is 0.531. The van der Waals surface area contributed by atoms with E-state index in [1.165, 1.54) is 0 Å². The summed E-state index contributed by atoms with van der Waals surface area (Å²) in [4.78, 5) is 0.132. The Kier molecular flexibility index (Phi) is 6.79. The third-order valence-electron chi connectivity index (χ3n) is 5.98. The number of anilines is 1. The maximum absolute atomic E-state index is 14.0. The number of nitrogens with one attached hydrogen (secondary N) is 1. The number of para-hydroxylation sites is 2. The Hall–Kier alpha value is -2.87. The number of methoxy groups -OCH3 is 1. The van der Waals surface area contributed by atoms with E-state index in [0.29, 0.717) is 5.75 Å². The van der Waals surface area contributed by atoms with Gasteiger partial charge in [0.15, 0.2) is 0 Å². The van der Waals surface area contributed by atoms with Crippen LogP contribution in [0, 0.1) is 0 Å². The Morgan fingerprint density at radius 2 is 1.69 bits per heavy atom. The number of ether oxygens (including phenoxy) is 1. The molecule has 0 aliphatic carbocycles. The van der Waals surface area contributed by atoms with Crippen LogP contribution in [0.4, 0.5) is 5.69 Å². The Labute approximate surface area is 190 Å². The first-order valence-electron chi connectivity index (χ1n) is 10.8. The van der Waals surface area contributed by atoms with E-state index in [1.807, 2.05) is 54.6 Å². The number of benzene rings is 3. The number of hydrogen-bond donors (Lipinski definition) is 2. The first-order valence-corrected chi connectivity index (χ1v) is 12.2. The number of sulfonamides is 1. The van der Waals surface area contributed by atoms with Crippen LogP contribution < -0.4 is 15.8 Å². The fourth-order valence-electron chi connectivity index (χ4n) is 4.41. The van der Waals surface area contributed by atoms with Crippen molar-refractivity contribution in [1.29, 1.82) is 0 Å². The van der Waals surface area contributed by atoms with E-state index < -0.39 is 10.0 Å². The van der Waals surface area contributed by atoms with E-state index in [1.54, 1.807) is 35.7 Å². The summed E-state index contributed by atoms with van der Waals surface area (Å²) in [6, 6.07) is 23.8. The average molecular weight is 452 g/mol. The first kappa shape index (κ1) is 22.3. The molecule has 0 radical (unpaired) electrons. The molecule has 3 aromatic carbocycles. The van der Waals surface area contributed by atoms with E-state index in [2.05, 4.69) is 5.32 Å². The third-order valence-corrected chi connectivity index (χ3v) is 7.92. The van der Waals surface area contributed by atoms with E-state index in [-0.39, 0.29) is 29.2 Å². The van der Waals surface area contributed by atoms with Crippen LogP contribution in [0.15, 0.2) is 83.8 Å². The molecule has 3 aromatic rings. The minimum Gasteiger partial charge on any atom is -0.496 e. The lowest BCUT2D eigenvalue weighted by atomic mass is 9.92. The van der Waals surface area contributed by atoms with Crippen molar-refractivity contribution in [2.24, 2.45) is 0 Å². The summed E-state index contributed by atoms with van der Waals surface area (Å²) >= 11 is 0. The highest BCUT2D eigenvalue weighted by molar-refractivity contribution is 7.89. The Bertz CT molecular complexity index is 1150. The maximum Gasteiger partial charge on any atom is 0.245 e. The van der Waals surface area contributed by atoms with Gasteiger partial charge in [-0.15, -0.1) is 0 Å². The Morgan fingerprint density at radius 1 is 1.00 bits per heavy atom. The molecule has 2 atom stereocenters. The molecule has 32 heavy (non-hydrogen) atoms. The highest BCUT2D eigenvalue weighted by atomic mass is 32.2. The Balaban J connectivity index is 1.82. The van der Waals surface area contributed by atoms with Crippen LogP contribution in [-0.2, 0) is 16.6 Å². The minimum atomic E-state index is -3.88. The van der Waals surface area contributed by atoms with Crippen molar-refractivity contribution in [2.75, 3.05) is 19.4 Å². The van der Waals surface area contributed by atoms with Gasteiger partial charge in [-0.3, -0.25) is 0 Å². The molecule has 0 bridgehead atoms. The number of nitrogens with two attached hydrogens (primary N) is 1. The molecule has 3 N–H and O–H groups in total. The largest absolute Gasteiger partial charge is 0.496 e. The van der Waals surface area contributed by atoms with Gasteiger partial charge in [-0.1, -0.05) is 60.7 Å². The van der Waals surface area contributed by atoms with Crippen LogP contribution in [0.2, 0.25) is 0 Å². The van der Waals surface area contributed by atoms with E-state index >= 15 is 0 Å². The second-order valence-electron chi connectivity index (χ2n) is 7.95. The highest BCUT2D eigenvalue weighted by Crippen LogP contribution is 2.35. The molecular weight excluding hydrogens is 422 g/mol. The molecule has 1 aliphatic heterocycles. The molecule has 6 nitrogen and oxygen atoms in total. The van der Waals surface area contributed by atoms with Crippen LogP contribution in [0.3, 0.4) is 0 Å². The second kappa shape index (κ2) is 9.73. The van der Waals surface area contributed by atoms with Gasteiger partial charge in [-0.05, 0) is 43.1 Å². The molecular formula is C25H29N3O3S. The zero-order chi connectivity index (χ0) is 22.6.